The number of hydrogen-bond acceptors (Lipinski definition) is 6. The summed E-state index contributed by atoms with van der Waals surface area (Å²) in [6.45, 7) is 2.34. The quantitative estimate of drug-likeness (QED) is 0.606. The van der Waals surface area contributed by atoms with Crippen molar-refractivity contribution in [2.24, 2.45) is 5.92 Å². The van der Waals surface area contributed by atoms with E-state index in [1.807, 2.05) is 19.1 Å². The summed E-state index contributed by atoms with van der Waals surface area (Å²) in [6.07, 6.45) is 3.76. The van der Waals surface area contributed by atoms with E-state index >= 15 is 0 Å². The maximum atomic E-state index is 12.1. The first-order chi connectivity index (χ1) is 12.5. The SMILES string of the molecule is CCOC1CC23C=CC(=O)CC2C([N+](=O)[O-])Cc2ccc(OC)c(c23)O1. The van der Waals surface area contributed by atoms with E-state index in [1.165, 1.54) is 0 Å². The molecule has 1 spiro atoms. The zero-order chi connectivity index (χ0) is 18.5. The lowest BCUT2D eigenvalue weighted by Gasteiger charge is -2.50. The Hall–Kier alpha value is -2.41. The van der Waals surface area contributed by atoms with Gasteiger partial charge in [-0.25, -0.2) is 0 Å². The monoisotopic (exact) mass is 359 g/mol. The van der Waals surface area contributed by atoms with Gasteiger partial charge in [0.15, 0.2) is 17.3 Å². The second-order valence-electron chi connectivity index (χ2n) is 7.05. The van der Waals surface area contributed by atoms with Crippen molar-refractivity contribution in [3.8, 4) is 11.5 Å². The molecular formula is C19H21NO6. The van der Waals surface area contributed by atoms with Crippen LogP contribution in [0.3, 0.4) is 0 Å². The topological polar surface area (TPSA) is 87.9 Å². The van der Waals surface area contributed by atoms with Crippen molar-refractivity contribution in [2.45, 2.75) is 43.9 Å². The number of methoxy groups -OCH3 is 1. The largest absolute Gasteiger partial charge is 0.493 e. The van der Waals surface area contributed by atoms with Gasteiger partial charge in [-0.15, -0.1) is 0 Å². The number of carbonyl (C=O) groups excluding carboxylic acids is 1. The van der Waals surface area contributed by atoms with Gasteiger partial charge in [-0.05, 0) is 24.6 Å². The van der Waals surface area contributed by atoms with E-state index in [1.54, 1.807) is 19.3 Å². The van der Waals surface area contributed by atoms with Crippen LogP contribution in [0, 0.1) is 16.0 Å². The fourth-order valence-electron chi connectivity index (χ4n) is 4.78. The number of hydrogen-bond donors (Lipinski definition) is 0. The van der Waals surface area contributed by atoms with E-state index in [2.05, 4.69) is 0 Å². The summed E-state index contributed by atoms with van der Waals surface area (Å²) in [5, 5.41) is 11.8. The van der Waals surface area contributed by atoms with Crippen molar-refractivity contribution >= 4 is 5.78 Å². The van der Waals surface area contributed by atoms with Crippen molar-refractivity contribution in [3.63, 3.8) is 0 Å². The van der Waals surface area contributed by atoms with Crippen molar-refractivity contribution in [3.05, 3.63) is 45.5 Å². The maximum Gasteiger partial charge on any atom is 0.221 e. The van der Waals surface area contributed by atoms with Gasteiger partial charge in [-0.1, -0.05) is 12.1 Å². The Kier molecular flexibility index (Phi) is 3.99. The number of ether oxygens (including phenoxy) is 3. The minimum atomic E-state index is -0.807. The highest BCUT2D eigenvalue weighted by Gasteiger charge is 2.58. The smallest absolute Gasteiger partial charge is 0.221 e. The van der Waals surface area contributed by atoms with Crippen LogP contribution in [-0.2, 0) is 21.4 Å². The molecule has 7 nitrogen and oxygen atoms in total. The molecule has 4 unspecified atom stereocenters. The van der Waals surface area contributed by atoms with Gasteiger partial charge in [-0.3, -0.25) is 14.9 Å². The van der Waals surface area contributed by atoms with E-state index in [4.69, 9.17) is 14.2 Å². The highest BCUT2D eigenvalue weighted by molar-refractivity contribution is 5.92. The van der Waals surface area contributed by atoms with Crippen molar-refractivity contribution in [1.29, 1.82) is 0 Å². The Morgan fingerprint density at radius 2 is 2.19 bits per heavy atom. The van der Waals surface area contributed by atoms with Crippen LogP contribution in [-0.4, -0.2) is 36.8 Å². The Morgan fingerprint density at radius 3 is 2.88 bits per heavy atom. The van der Waals surface area contributed by atoms with Crippen LogP contribution in [0.1, 0.15) is 30.9 Å². The highest BCUT2D eigenvalue weighted by Crippen LogP contribution is 2.57. The lowest BCUT2D eigenvalue weighted by molar-refractivity contribution is -0.535. The van der Waals surface area contributed by atoms with Crippen LogP contribution in [0.15, 0.2) is 24.3 Å². The van der Waals surface area contributed by atoms with Crippen LogP contribution in [0.5, 0.6) is 11.5 Å². The molecule has 2 aliphatic carbocycles. The Balaban J connectivity index is 1.98. The van der Waals surface area contributed by atoms with Gasteiger partial charge in [0.2, 0.25) is 12.3 Å². The zero-order valence-corrected chi connectivity index (χ0v) is 14.8. The number of benzene rings is 1. The molecule has 0 bridgehead atoms. The Labute approximate surface area is 151 Å². The van der Waals surface area contributed by atoms with Gasteiger partial charge in [-0.2, -0.15) is 0 Å². The van der Waals surface area contributed by atoms with E-state index in [9.17, 15) is 14.9 Å². The molecule has 3 aliphatic rings. The number of nitro groups is 1. The zero-order valence-electron chi connectivity index (χ0n) is 14.8. The van der Waals surface area contributed by atoms with Crippen LogP contribution in [0.2, 0.25) is 0 Å². The molecule has 26 heavy (non-hydrogen) atoms. The second-order valence-corrected chi connectivity index (χ2v) is 7.05. The standard InChI is InChI=1S/C19H21NO6/c1-3-25-16-10-19-7-6-12(21)9-13(19)14(20(22)23)8-11-4-5-15(24-2)18(26-16)17(11)19/h4-7,13-14,16H,3,8-10H2,1-2H3. The lowest BCUT2D eigenvalue weighted by Crippen LogP contribution is -2.55. The summed E-state index contributed by atoms with van der Waals surface area (Å²) in [5.74, 6) is 0.677. The fourth-order valence-corrected chi connectivity index (χ4v) is 4.78. The van der Waals surface area contributed by atoms with Gasteiger partial charge in [0, 0.05) is 47.7 Å². The fraction of sp³-hybridized carbons (Fsp3) is 0.526. The van der Waals surface area contributed by atoms with E-state index in [-0.39, 0.29) is 23.5 Å². The van der Waals surface area contributed by atoms with E-state index in [0.29, 0.717) is 24.5 Å². The highest BCUT2D eigenvalue weighted by atomic mass is 16.7. The predicted octanol–water partition coefficient (Wildman–Crippen LogP) is 2.42. The molecule has 4 atom stereocenters. The molecule has 1 aromatic rings. The van der Waals surface area contributed by atoms with Gasteiger partial charge in [0.25, 0.3) is 0 Å². The summed E-state index contributed by atoms with van der Waals surface area (Å²) in [6, 6.07) is 2.85. The van der Waals surface area contributed by atoms with Gasteiger partial charge in [0.1, 0.15) is 0 Å². The first-order valence-corrected chi connectivity index (χ1v) is 8.84. The molecule has 0 fully saturated rings. The second kappa shape index (κ2) is 6.09. The minimum absolute atomic E-state index is 0.0696. The third kappa shape index (κ3) is 2.34. The van der Waals surface area contributed by atoms with E-state index < -0.39 is 23.7 Å². The van der Waals surface area contributed by atoms with Crippen molar-refractivity contribution < 1.29 is 23.9 Å². The number of rotatable bonds is 4. The molecular weight excluding hydrogens is 338 g/mol. The molecule has 0 saturated carbocycles. The predicted molar refractivity (Wildman–Crippen MR) is 92.1 cm³/mol. The number of carbonyl (C=O) groups is 1. The molecule has 0 aromatic heterocycles. The summed E-state index contributed by atoms with van der Waals surface area (Å²) in [7, 11) is 1.57. The van der Waals surface area contributed by atoms with Crippen LogP contribution >= 0.6 is 0 Å². The summed E-state index contributed by atoms with van der Waals surface area (Å²) in [4.78, 5) is 23.7. The van der Waals surface area contributed by atoms with E-state index in [0.717, 1.165) is 11.1 Å². The molecule has 0 N–H and O–H groups in total. The number of nitrogens with zero attached hydrogens (tertiary/aromatic N) is 1. The molecule has 138 valence electrons. The van der Waals surface area contributed by atoms with Crippen LogP contribution < -0.4 is 9.47 Å². The molecule has 0 saturated heterocycles. The molecule has 7 heteroatoms. The van der Waals surface area contributed by atoms with Crippen molar-refractivity contribution in [2.75, 3.05) is 13.7 Å². The average molecular weight is 359 g/mol. The van der Waals surface area contributed by atoms with Gasteiger partial charge in [0.05, 0.1) is 7.11 Å². The minimum Gasteiger partial charge on any atom is -0.493 e. The number of ketones is 1. The third-order valence-corrected chi connectivity index (χ3v) is 5.81. The lowest BCUT2D eigenvalue weighted by atomic mass is 9.55. The normalized spacial score (nSPS) is 31.6. The third-order valence-electron chi connectivity index (χ3n) is 5.81. The molecule has 1 heterocycles. The maximum absolute atomic E-state index is 12.1. The summed E-state index contributed by atoms with van der Waals surface area (Å²) >= 11 is 0. The Bertz CT molecular complexity index is 803. The molecule has 0 radical (unpaired) electrons. The molecule has 0 amide bonds. The summed E-state index contributed by atoms with van der Waals surface area (Å²) in [5.41, 5.74) is 1.15. The molecule has 4 rings (SSSR count). The van der Waals surface area contributed by atoms with Gasteiger partial charge >= 0.3 is 0 Å². The van der Waals surface area contributed by atoms with Crippen LogP contribution in [0.4, 0.5) is 0 Å². The summed E-state index contributed by atoms with van der Waals surface area (Å²) < 4.78 is 17.3. The average Bonchev–Trinajstić information content (AvgIpc) is 2.62. The first-order valence-electron chi connectivity index (χ1n) is 8.84. The van der Waals surface area contributed by atoms with Crippen LogP contribution in [0.25, 0.3) is 0 Å². The first kappa shape index (κ1) is 17.0. The molecule has 1 aromatic carbocycles. The number of allylic oxidation sites excluding steroid dienone is 2. The van der Waals surface area contributed by atoms with Gasteiger partial charge < -0.3 is 14.2 Å². The Morgan fingerprint density at radius 1 is 1.38 bits per heavy atom. The molecule has 1 aliphatic heterocycles. The van der Waals surface area contributed by atoms with Crippen molar-refractivity contribution in [1.82, 2.24) is 0 Å².